The van der Waals surface area contributed by atoms with E-state index >= 15 is 0 Å². The second kappa shape index (κ2) is 6.51. The number of carbonyl (C=O) groups excluding carboxylic acids is 2. The molecule has 1 aromatic carbocycles. The maximum Gasteiger partial charge on any atom is 0.409 e. The third-order valence-electron chi connectivity index (χ3n) is 3.45. The summed E-state index contributed by atoms with van der Waals surface area (Å²) in [5, 5.41) is 2.60. The lowest BCUT2D eigenvalue weighted by molar-refractivity contribution is 0.0885. The fourth-order valence-corrected chi connectivity index (χ4v) is 2.31. The normalized spacial score (nSPS) is 15.7. The highest BCUT2D eigenvalue weighted by Crippen LogP contribution is 2.15. The van der Waals surface area contributed by atoms with Crippen LogP contribution in [0.3, 0.4) is 0 Å². The number of methoxy groups -OCH3 is 1. The van der Waals surface area contributed by atoms with Crippen molar-refractivity contribution in [2.45, 2.75) is 18.9 Å². The number of nitrogens with zero attached hydrogens (tertiary/aromatic N) is 1. The molecule has 1 aliphatic rings. The lowest BCUT2D eigenvalue weighted by Crippen LogP contribution is -2.46. The number of rotatable bonds is 2. The van der Waals surface area contributed by atoms with Gasteiger partial charge in [0, 0.05) is 19.1 Å². The molecule has 1 aliphatic heterocycles. The predicted molar refractivity (Wildman–Crippen MR) is 70.8 cm³/mol. The lowest BCUT2D eigenvalue weighted by atomic mass is 10.0. The van der Waals surface area contributed by atoms with Crippen molar-refractivity contribution < 1.29 is 23.1 Å². The molecule has 1 heterocycles. The number of nitrogens with one attached hydrogen (secondary N) is 1. The number of benzene rings is 1. The van der Waals surface area contributed by atoms with Crippen LogP contribution in [0.2, 0.25) is 0 Å². The molecule has 1 N–H and O–H groups in total. The molecule has 0 saturated carbocycles. The Kier molecular flexibility index (Phi) is 4.72. The second-order valence-corrected chi connectivity index (χ2v) is 4.80. The highest BCUT2D eigenvalue weighted by Gasteiger charge is 2.26. The van der Waals surface area contributed by atoms with Gasteiger partial charge in [-0.05, 0) is 25.0 Å². The number of hydrogen-bond acceptors (Lipinski definition) is 3. The Bertz CT molecular complexity index is 523. The van der Waals surface area contributed by atoms with E-state index in [4.69, 9.17) is 0 Å². The highest BCUT2D eigenvalue weighted by molar-refractivity contribution is 5.94. The standard InChI is InChI=1S/C14H16F2N2O3/c1-21-14(20)18-7-5-9(6-8-18)17-13(19)12-10(15)3-2-4-11(12)16/h2-4,9H,5-8H2,1H3,(H,17,19). The first-order chi connectivity index (χ1) is 10.0. The number of carbonyl (C=O) groups is 2. The smallest absolute Gasteiger partial charge is 0.409 e. The summed E-state index contributed by atoms with van der Waals surface area (Å²) in [6, 6.07) is 3.06. The van der Waals surface area contributed by atoms with E-state index in [1.165, 1.54) is 18.1 Å². The van der Waals surface area contributed by atoms with E-state index in [9.17, 15) is 18.4 Å². The average Bonchev–Trinajstić information content (AvgIpc) is 2.47. The van der Waals surface area contributed by atoms with Crippen molar-refractivity contribution in [2.24, 2.45) is 0 Å². The molecule has 0 unspecified atom stereocenters. The van der Waals surface area contributed by atoms with Crippen molar-refractivity contribution in [1.82, 2.24) is 10.2 Å². The third-order valence-corrected chi connectivity index (χ3v) is 3.45. The van der Waals surface area contributed by atoms with Crippen LogP contribution in [-0.4, -0.2) is 43.1 Å². The van der Waals surface area contributed by atoms with Gasteiger partial charge in [-0.2, -0.15) is 0 Å². The van der Waals surface area contributed by atoms with Crippen LogP contribution in [0.15, 0.2) is 18.2 Å². The Morgan fingerprint density at radius 2 is 1.81 bits per heavy atom. The zero-order chi connectivity index (χ0) is 15.4. The van der Waals surface area contributed by atoms with Crippen molar-refractivity contribution >= 4 is 12.0 Å². The molecule has 7 heteroatoms. The monoisotopic (exact) mass is 298 g/mol. The number of amides is 2. The van der Waals surface area contributed by atoms with Crippen LogP contribution in [-0.2, 0) is 4.74 Å². The first-order valence-corrected chi connectivity index (χ1v) is 6.60. The van der Waals surface area contributed by atoms with Crippen LogP contribution in [0.25, 0.3) is 0 Å². The Morgan fingerprint density at radius 3 is 2.33 bits per heavy atom. The molecule has 0 spiro atoms. The quantitative estimate of drug-likeness (QED) is 0.907. The first-order valence-electron chi connectivity index (χ1n) is 6.60. The van der Waals surface area contributed by atoms with Gasteiger partial charge in [0.15, 0.2) is 0 Å². The SMILES string of the molecule is COC(=O)N1CCC(NC(=O)c2c(F)cccc2F)CC1. The van der Waals surface area contributed by atoms with Gasteiger partial charge in [0.05, 0.1) is 7.11 Å². The van der Waals surface area contributed by atoms with Crippen LogP contribution in [0.4, 0.5) is 13.6 Å². The molecular weight excluding hydrogens is 282 g/mol. The minimum absolute atomic E-state index is 0.225. The molecule has 2 rings (SSSR count). The fourth-order valence-electron chi connectivity index (χ4n) is 2.31. The van der Waals surface area contributed by atoms with Gasteiger partial charge in [-0.15, -0.1) is 0 Å². The summed E-state index contributed by atoms with van der Waals surface area (Å²) in [6.45, 7) is 0.856. The average molecular weight is 298 g/mol. The van der Waals surface area contributed by atoms with E-state index in [0.29, 0.717) is 25.9 Å². The maximum atomic E-state index is 13.5. The molecular formula is C14H16F2N2O3. The molecule has 2 amide bonds. The zero-order valence-corrected chi connectivity index (χ0v) is 11.6. The van der Waals surface area contributed by atoms with Gasteiger partial charge in [0.2, 0.25) is 0 Å². The molecule has 0 aliphatic carbocycles. The van der Waals surface area contributed by atoms with Crippen LogP contribution < -0.4 is 5.32 Å². The van der Waals surface area contributed by atoms with Gasteiger partial charge in [-0.3, -0.25) is 4.79 Å². The van der Waals surface area contributed by atoms with Gasteiger partial charge in [-0.25, -0.2) is 13.6 Å². The molecule has 0 radical (unpaired) electrons. The molecule has 0 atom stereocenters. The summed E-state index contributed by atoms with van der Waals surface area (Å²) >= 11 is 0. The van der Waals surface area contributed by atoms with Gasteiger partial charge in [0.25, 0.3) is 5.91 Å². The molecule has 0 aromatic heterocycles. The number of halogens is 2. The molecule has 1 fully saturated rings. The third kappa shape index (κ3) is 3.48. The largest absolute Gasteiger partial charge is 0.453 e. The number of piperidine rings is 1. The molecule has 114 valence electrons. The summed E-state index contributed by atoms with van der Waals surface area (Å²) in [5.41, 5.74) is -0.576. The van der Waals surface area contributed by atoms with Gasteiger partial charge >= 0.3 is 6.09 Å². The fraction of sp³-hybridized carbons (Fsp3) is 0.429. The van der Waals surface area contributed by atoms with Crippen molar-refractivity contribution in [2.75, 3.05) is 20.2 Å². The highest BCUT2D eigenvalue weighted by atomic mass is 19.1. The second-order valence-electron chi connectivity index (χ2n) is 4.80. The van der Waals surface area contributed by atoms with Crippen molar-refractivity contribution in [3.05, 3.63) is 35.4 Å². The van der Waals surface area contributed by atoms with Crippen molar-refractivity contribution in [3.8, 4) is 0 Å². The van der Waals surface area contributed by atoms with E-state index in [1.54, 1.807) is 0 Å². The Morgan fingerprint density at radius 1 is 1.24 bits per heavy atom. The Labute approximate surface area is 120 Å². The predicted octanol–water partition coefficient (Wildman–Crippen LogP) is 1.93. The zero-order valence-electron chi connectivity index (χ0n) is 11.6. The van der Waals surface area contributed by atoms with Crippen LogP contribution in [0, 0.1) is 11.6 Å². The molecule has 5 nitrogen and oxygen atoms in total. The van der Waals surface area contributed by atoms with E-state index in [0.717, 1.165) is 12.1 Å². The molecule has 1 saturated heterocycles. The van der Waals surface area contributed by atoms with Gasteiger partial charge in [0.1, 0.15) is 17.2 Å². The van der Waals surface area contributed by atoms with E-state index in [1.807, 2.05) is 0 Å². The summed E-state index contributed by atoms with van der Waals surface area (Å²) in [7, 11) is 1.30. The van der Waals surface area contributed by atoms with E-state index < -0.39 is 29.2 Å². The minimum atomic E-state index is -0.889. The Hall–Kier alpha value is -2.18. The topological polar surface area (TPSA) is 58.6 Å². The van der Waals surface area contributed by atoms with Gasteiger partial charge in [-0.1, -0.05) is 6.07 Å². The first kappa shape index (κ1) is 15.2. The number of ether oxygens (including phenoxy) is 1. The van der Waals surface area contributed by atoms with Gasteiger partial charge < -0.3 is 15.0 Å². The van der Waals surface area contributed by atoms with Crippen LogP contribution in [0.5, 0.6) is 0 Å². The summed E-state index contributed by atoms with van der Waals surface area (Å²) in [4.78, 5) is 24.8. The molecule has 0 bridgehead atoms. The maximum absolute atomic E-state index is 13.5. The number of hydrogen-bond donors (Lipinski definition) is 1. The van der Waals surface area contributed by atoms with E-state index in [2.05, 4.69) is 10.1 Å². The summed E-state index contributed by atoms with van der Waals surface area (Å²) < 4.78 is 31.6. The summed E-state index contributed by atoms with van der Waals surface area (Å²) in [5.74, 6) is -2.55. The van der Waals surface area contributed by atoms with Crippen LogP contribution >= 0.6 is 0 Å². The number of likely N-dealkylation sites (tertiary alicyclic amines) is 1. The van der Waals surface area contributed by atoms with Crippen LogP contribution in [0.1, 0.15) is 23.2 Å². The summed E-state index contributed by atoms with van der Waals surface area (Å²) in [6.07, 6.45) is 0.605. The van der Waals surface area contributed by atoms with E-state index in [-0.39, 0.29) is 6.04 Å². The lowest BCUT2D eigenvalue weighted by Gasteiger charge is -2.31. The Balaban J connectivity index is 1.95. The minimum Gasteiger partial charge on any atom is -0.453 e. The van der Waals surface area contributed by atoms with Crippen molar-refractivity contribution in [1.29, 1.82) is 0 Å². The van der Waals surface area contributed by atoms with Crippen molar-refractivity contribution in [3.63, 3.8) is 0 Å². The molecule has 1 aromatic rings. The molecule has 21 heavy (non-hydrogen) atoms.